The Morgan fingerprint density at radius 3 is 2.62 bits per heavy atom. The largest absolute Gasteiger partial charge is 0.508 e. The molecule has 0 amide bonds. The standard InChI is InChI=1S/C11H15FO/c1-8(2)3-4-9-5-6-10(12)7-11(9)13/h5-8,13H,3-4H2,1-2H3. The van der Waals surface area contributed by atoms with E-state index in [0.717, 1.165) is 24.5 Å². The van der Waals surface area contributed by atoms with Gasteiger partial charge in [0.05, 0.1) is 0 Å². The van der Waals surface area contributed by atoms with E-state index in [1.165, 1.54) is 6.07 Å². The van der Waals surface area contributed by atoms with Crippen molar-refractivity contribution >= 4 is 0 Å². The van der Waals surface area contributed by atoms with Crippen molar-refractivity contribution in [3.8, 4) is 5.75 Å². The van der Waals surface area contributed by atoms with Gasteiger partial charge in [-0.25, -0.2) is 4.39 Å². The van der Waals surface area contributed by atoms with E-state index in [1.54, 1.807) is 6.07 Å². The number of phenols is 1. The maximum atomic E-state index is 12.6. The molecule has 1 N–H and O–H groups in total. The molecule has 0 aromatic heterocycles. The summed E-state index contributed by atoms with van der Waals surface area (Å²) in [4.78, 5) is 0. The van der Waals surface area contributed by atoms with Crippen LogP contribution in [0.2, 0.25) is 0 Å². The normalized spacial score (nSPS) is 10.8. The van der Waals surface area contributed by atoms with Crippen LogP contribution < -0.4 is 0 Å². The van der Waals surface area contributed by atoms with Gasteiger partial charge in [0.15, 0.2) is 0 Å². The maximum Gasteiger partial charge on any atom is 0.126 e. The molecule has 0 aliphatic carbocycles. The van der Waals surface area contributed by atoms with Crippen molar-refractivity contribution in [3.63, 3.8) is 0 Å². The van der Waals surface area contributed by atoms with Crippen LogP contribution in [0.5, 0.6) is 5.75 Å². The van der Waals surface area contributed by atoms with Crippen molar-refractivity contribution < 1.29 is 9.50 Å². The molecule has 0 aliphatic heterocycles. The molecule has 1 aromatic carbocycles. The molecule has 0 heterocycles. The molecule has 0 unspecified atom stereocenters. The molecule has 1 rings (SSSR count). The summed E-state index contributed by atoms with van der Waals surface area (Å²) in [5, 5.41) is 9.36. The number of rotatable bonds is 3. The number of benzene rings is 1. The van der Waals surface area contributed by atoms with E-state index in [4.69, 9.17) is 0 Å². The predicted molar refractivity (Wildman–Crippen MR) is 51.2 cm³/mol. The van der Waals surface area contributed by atoms with Gasteiger partial charge in [-0.1, -0.05) is 19.9 Å². The molecule has 0 aliphatic rings. The average molecular weight is 182 g/mol. The first kappa shape index (κ1) is 10.0. The Morgan fingerprint density at radius 2 is 2.08 bits per heavy atom. The molecule has 13 heavy (non-hydrogen) atoms. The second kappa shape index (κ2) is 4.26. The average Bonchev–Trinajstić information content (AvgIpc) is 2.02. The third kappa shape index (κ3) is 3.05. The monoisotopic (exact) mass is 182 g/mol. The summed E-state index contributed by atoms with van der Waals surface area (Å²) in [6, 6.07) is 4.19. The second-order valence-corrected chi connectivity index (χ2v) is 3.71. The minimum Gasteiger partial charge on any atom is -0.508 e. The molecule has 1 aromatic rings. The predicted octanol–water partition coefficient (Wildman–Crippen LogP) is 3.12. The highest BCUT2D eigenvalue weighted by Gasteiger charge is 2.03. The number of hydrogen-bond acceptors (Lipinski definition) is 1. The Labute approximate surface area is 78.2 Å². The van der Waals surface area contributed by atoms with Crippen LogP contribution in [0.3, 0.4) is 0 Å². The highest BCUT2D eigenvalue weighted by molar-refractivity contribution is 5.32. The zero-order chi connectivity index (χ0) is 9.84. The fourth-order valence-electron chi connectivity index (χ4n) is 1.19. The molecule has 72 valence electrons. The van der Waals surface area contributed by atoms with Gasteiger partial charge in [0, 0.05) is 6.07 Å². The van der Waals surface area contributed by atoms with Crippen molar-refractivity contribution in [1.29, 1.82) is 0 Å². The highest BCUT2D eigenvalue weighted by Crippen LogP contribution is 2.20. The van der Waals surface area contributed by atoms with Crippen LogP contribution in [-0.4, -0.2) is 5.11 Å². The van der Waals surface area contributed by atoms with Gasteiger partial charge < -0.3 is 5.11 Å². The smallest absolute Gasteiger partial charge is 0.126 e. The lowest BCUT2D eigenvalue weighted by Crippen LogP contribution is -1.92. The maximum absolute atomic E-state index is 12.6. The minimum absolute atomic E-state index is 0.0700. The number of aryl methyl sites for hydroxylation is 1. The molecular weight excluding hydrogens is 167 g/mol. The van der Waals surface area contributed by atoms with Gasteiger partial charge >= 0.3 is 0 Å². The summed E-state index contributed by atoms with van der Waals surface area (Å²) in [7, 11) is 0. The van der Waals surface area contributed by atoms with Crippen LogP contribution in [0.15, 0.2) is 18.2 Å². The van der Waals surface area contributed by atoms with Gasteiger partial charge in [0.25, 0.3) is 0 Å². The van der Waals surface area contributed by atoms with Crippen LogP contribution in [0.1, 0.15) is 25.8 Å². The third-order valence-electron chi connectivity index (χ3n) is 2.04. The fourth-order valence-corrected chi connectivity index (χ4v) is 1.19. The van der Waals surface area contributed by atoms with Crippen LogP contribution in [0.25, 0.3) is 0 Å². The van der Waals surface area contributed by atoms with Gasteiger partial charge in [-0.05, 0) is 30.4 Å². The molecular formula is C11H15FO. The van der Waals surface area contributed by atoms with Gasteiger partial charge in [-0.3, -0.25) is 0 Å². The highest BCUT2D eigenvalue weighted by atomic mass is 19.1. The molecule has 1 nitrogen and oxygen atoms in total. The summed E-state index contributed by atoms with van der Waals surface area (Å²) in [6.07, 6.45) is 1.82. The van der Waals surface area contributed by atoms with Crippen LogP contribution >= 0.6 is 0 Å². The summed E-state index contributed by atoms with van der Waals surface area (Å²) in [6.45, 7) is 4.25. The Kier molecular flexibility index (Phi) is 3.29. The first-order valence-corrected chi connectivity index (χ1v) is 4.57. The van der Waals surface area contributed by atoms with Crippen molar-refractivity contribution in [2.75, 3.05) is 0 Å². The quantitative estimate of drug-likeness (QED) is 0.761. The van der Waals surface area contributed by atoms with Gasteiger partial charge in [0.2, 0.25) is 0 Å². The fraction of sp³-hybridized carbons (Fsp3) is 0.455. The lowest BCUT2D eigenvalue weighted by molar-refractivity contribution is 0.457. The van der Waals surface area contributed by atoms with Crippen molar-refractivity contribution in [3.05, 3.63) is 29.6 Å². The Bertz CT molecular complexity index is 281. The van der Waals surface area contributed by atoms with Crippen LogP contribution in [0, 0.1) is 11.7 Å². The van der Waals surface area contributed by atoms with E-state index < -0.39 is 0 Å². The van der Waals surface area contributed by atoms with E-state index in [2.05, 4.69) is 13.8 Å². The van der Waals surface area contributed by atoms with E-state index in [9.17, 15) is 9.50 Å². The molecule has 0 radical (unpaired) electrons. The van der Waals surface area contributed by atoms with E-state index in [0.29, 0.717) is 5.92 Å². The van der Waals surface area contributed by atoms with Gasteiger partial charge in [-0.2, -0.15) is 0 Å². The molecule has 2 heteroatoms. The first-order valence-electron chi connectivity index (χ1n) is 4.57. The summed E-state index contributed by atoms with van der Waals surface area (Å²) in [5.74, 6) is 0.288. The second-order valence-electron chi connectivity index (χ2n) is 3.71. The van der Waals surface area contributed by atoms with Gasteiger partial charge in [0.1, 0.15) is 11.6 Å². The van der Waals surface area contributed by atoms with E-state index in [1.807, 2.05) is 0 Å². The topological polar surface area (TPSA) is 20.2 Å². The van der Waals surface area contributed by atoms with Gasteiger partial charge in [-0.15, -0.1) is 0 Å². The molecule has 0 fully saturated rings. The minimum atomic E-state index is -0.384. The summed E-state index contributed by atoms with van der Waals surface area (Å²) in [5.41, 5.74) is 0.829. The Hall–Kier alpha value is -1.05. The van der Waals surface area contributed by atoms with Crippen LogP contribution in [-0.2, 0) is 6.42 Å². The molecule has 0 saturated carbocycles. The molecule has 0 spiro atoms. The third-order valence-corrected chi connectivity index (χ3v) is 2.04. The molecule has 0 atom stereocenters. The summed E-state index contributed by atoms with van der Waals surface area (Å²) >= 11 is 0. The number of phenolic OH excluding ortho intramolecular Hbond substituents is 1. The molecule has 0 saturated heterocycles. The molecule has 0 bridgehead atoms. The zero-order valence-electron chi connectivity index (χ0n) is 8.05. The van der Waals surface area contributed by atoms with E-state index in [-0.39, 0.29) is 11.6 Å². The van der Waals surface area contributed by atoms with E-state index >= 15 is 0 Å². The Morgan fingerprint density at radius 1 is 1.38 bits per heavy atom. The number of halogens is 1. The first-order chi connectivity index (χ1) is 6.09. The Balaban J connectivity index is 2.67. The lowest BCUT2D eigenvalue weighted by atomic mass is 10.0. The number of hydrogen-bond donors (Lipinski definition) is 1. The lowest BCUT2D eigenvalue weighted by Gasteiger charge is -2.06. The zero-order valence-corrected chi connectivity index (χ0v) is 8.05. The summed E-state index contributed by atoms with van der Waals surface area (Å²) < 4.78 is 12.6. The number of aromatic hydroxyl groups is 1. The van der Waals surface area contributed by atoms with Crippen molar-refractivity contribution in [1.82, 2.24) is 0 Å². The van der Waals surface area contributed by atoms with Crippen molar-refractivity contribution in [2.24, 2.45) is 5.92 Å². The SMILES string of the molecule is CC(C)CCc1ccc(F)cc1O. The van der Waals surface area contributed by atoms with Crippen LogP contribution in [0.4, 0.5) is 4.39 Å². The van der Waals surface area contributed by atoms with Crippen molar-refractivity contribution in [2.45, 2.75) is 26.7 Å².